The van der Waals surface area contributed by atoms with E-state index < -0.39 is 29.2 Å². The van der Waals surface area contributed by atoms with Gasteiger partial charge in [0, 0.05) is 25.8 Å². The summed E-state index contributed by atoms with van der Waals surface area (Å²) in [6, 6.07) is 2.89. The van der Waals surface area contributed by atoms with Gasteiger partial charge in [0.15, 0.2) is 0 Å². The quantitative estimate of drug-likeness (QED) is 0.689. The van der Waals surface area contributed by atoms with E-state index in [4.69, 9.17) is 9.47 Å². The molecule has 0 bridgehead atoms. The average Bonchev–Trinajstić information content (AvgIpc) is 2.67. The van der Waals surface area contributed by atoms with Crippen molar-refractivity contribution in [2.24, 2.45) is 0 Å². The molecule has 0 amide bonds. The number of nitriles is 1. The number of hydrogen-bond acceptors (Lipinski definition) is 6. The normalized spacial score (nSPS) is 30.2. The van der Waals surface area contributed by atoms with Crippen molar-refractivity contribution >= 4 is 0 Å². The van der Waals surface area contributed by atoms with Gasteiger partial charge >= 0.3 is 5.69 Å². The lowest BCUT2D eigenvalue weighted by atomic mass is 10.1. The first-order valence-corrected chi connectivity index (χ1v) is 5.62. The van der Waals surface area contributed by atoms with Crippen LogP contribution in [0.4, 0.5) is 0 Å². The molecule has 1 aliphatic rings. The van der Waals surface area contributed by atoms with Gasteiger partial charge in [-0.2, -0.15) is 5.26 Å². The molecule has 0 unspecified atom stereocenters. The van der Waals surface area contributed by atoms with Gasteiger partial charge < -0.3 is 14.6 Å². The highest BCUT2D eigenvalue weighted by Crippen LogP contribution is 2.33. The van der Waals surface area contributed by atoms with Crippen molar-refractivity contribution in [3.63, 3.8) is 0 Å². The van der Waals surface area contributed by atoms with Gasteiger partial charge in [-0.3, -0.25) is 14.3 Å². The Balaban J connectivity index is 2.47. The number of rotatable bonds is 3. The predicted molar refractivity (Wildman–Crippen MR) is 62.3 cm³/mol. The van der Waals surface area contributed by atoms with E-state index in [9.17, 15) is 20.0 Å². The number of aliphatic hydroxyl groups is 1. The summed E-state index contributed by atoms with van der Waals surface area (Å²) in [5, 5.41) is 19.3. The second-order valence-corrected chi connectivity index (χ2v) is 4.24. The Hall–Kier alpha value is -1.95. The van der Waals surface area contributed by atoms with Crippen molar-refractivity contribution in [2.75, 3.05) is 13.7 Å². The van der Waals surface area contributed by atoms with Crippen LogP contribution >= 0.6 is 0 Å². The molecule has 102 valence electrons. The van der Waals surface area contributed by atoms with Gasteiger partial charge in [0.25, 0.3) is 11.3 Å². The summed E-state index contributed by atoms with van der Waals surface area (Å²) in [5.41, 5.74) is -3.24. The summed E-state index contributed by atoms with van der Waals surface area (Å²) in [6.45, 7) is 0.193. The van der Waals surface area contributed by atoms with Gasteiger partial charge in [-0.25, -0.2) is 4.79 Å². The van der Waals surface area contributed by atoms with Crippen LogP contribution in [0.15, 0.2) is 21.9 Å². The van der Waals surface area contributed by atoms with Crippen LogP contribution in [-0.4, -0.2) is 40.6 Å². The third kappa shape index (κ3) is 2.19. The molecule has 1 aromatic rings. The van der Waals surface area contributed by atoms with E-state index in [1.807, 2.05) is 4.98 Å². The van der Waals surface area contributed by atoms with E-state index in [1.165, 1.54) is 7.11 Å². The standard InChI is InChI=1S/C11H13N3O5/c1-18-5-7-4-8(15)11(6-12,19-7)14-3-2-9(16)13-10(14)17/h2-3,7-8,15H,4-5H2,1H3,(H,13,16,17)/t7-,8+,11+/m0/s1. The van der Waals surface area contributed by atoms with Crippen molar-refractivity contribution in [3.8, 4) is 6.07 Å². The van der Waals surface area contributed by atoms with Crippen LogP contribution in [0.5, 0.6) is 0 Å². The first kappa shape index (κ1) is 13.5. The first-order chi connectivity index (χ1) is 9.03. The summed E-state index contributed by atoms with van der Waals surface area (Å²) in [5.74, 6) is 0. The fourth-order valence-electron chi connectivity index (χ4n) is 2.13. The third-order valence-electron chi connectivity index (χ3n) is 2.98. The summed E-state index contributed by atoms with van der Waals surface area (Å²) >= 11 is 0. The molecule has 1 aromatic heterocycles. The molecule has 3 atom stereocenters. The summed E-state index contributed by atoms with van der Waals surface area (Å²) in [6.07, 6.45) is -0.407. The van der Waals surface area contributed by atoms with E-state index in [0.29, 0.717) is 0 Å². The number of aliphatic hydroxyl groups excluding tert-OH is 1. The number of nitrogens with one attached hydrogen (secondary N) is 1. The van der Waals surface area contributed by atoms with Crippen LogP contribution in [0, 0.1) is 11.3 Å². The van der Waals surface area contributed by atoms with Crippen molar-refractivity contribution in [2.45, 2.75) is 24.4 Å². The fourth-order valence-corrected chi connectivity index (χ4v) is 2.13. The number of ether oxygens (including phenoxy) is 2. The van der Waals surface area contributed by atoms with Crippen LogP contribution in [0.25, 0.3) is 0 Å². The highest BCUT2D eigenvalue weighted by Gasteiger charge is 2.51. The van der Waals surface area contributed by atoms with Crippen molar-refractivity contribution < 1.29 is 14.6 Å². The lowest BCUT2D eigenvalue weighted by molar-refractivity contribution is -0.112. The Bertz CT molecular complexity index is 616. The van der Waals surface area contributed by atoms with Crippen molar-refractivity contribution in [1.82, 2.24) is 9.55 Å². The van der Waals surface area contributed by atoms with Crippen LogP contribution in [0.3, 0.4) is 0 Å². The second kappa shape index (κ2) is 4.97. The molecule has 19 heavy (non-hydrogen) atoms. The van der Waals surface area contributed by atoms with Crippen LogP contribution in [-0.2, 0) is 15.2 Å². The van der Waals surface area contributed by atoms with E-state index in [1.54, 1.807) is 6.07 Å². The van der Waals surface area contributed by atoms with Gasteiger partial charge in [-0.05, 0) is 0 Å². The Morgan fingerprint density at radius 2 is 2.47 bits per heavy atom. The maximum atomic E-state index is 11.7. The number of aromatic amines is 1. The molecular weight excluding hydrogens is 254 g/mol. The maximum Gasteiger partial charge on any atom is 0.331 e. The Morgan fingerprint density at radius 1 is 1.74 bits per heavy atom. The zero-order valence-corrected chi connectivity index (χ0v) is 10.2. The second-order valence-electron chi connectivity index (χ2n) is 4.24. The number of aromatic nitrogens is 2. The van der Waals surface area contributed by atoms with Crippen molar-refractivity contribution in [3.05, 3.63) is 33.1 Å². The first-order valence-electron chi connectivity index (χ1n) is 5.62. The fraction of sp³-hybridized carbons (Fsp3) is 0.545. The van der Waals surface area contributed by atoms with Gasteiger partial charge in [0.05, 0.1) is 12.7 Å². The zero-order valence-electron chi connectivity index (χ0n) is 10.2. The molecule has 0 radical (unpaired) electrons. The van der Waals surface area contributed by atoms with Crippen LogP contribution < -0.4 is 11.2 Å². The highest BCUT2D eigenvalue weighted by molar-refractivity contribution is 5.09. The molecule has 0 saturated carbocycles. The maximum absolute atomic E-state index is 11.7. The molecule has 2 N–H and O–H groups in total. The summed E-state index contributed by atoms with van der Waals surface area (Å²) < 4.78 is 11.3. The molecule has 0 aromatic carbocycles. The largest absolute Gasteiger partial charge is 0.387 e. The molecule has 1 saturated heterocycles. The Morgan fingerprint density at radius 3 is 3.05 bits per heavy atom. The monoisotopic (exact) mass is 267 g/mol. The number of hydrogen-bond donors (Lipinski definition) is 2. The summed E-state index contributed by atoms with van der Waals surface area (Å²) in [4.78, 5) is 24.8. The third-order valence-corrected chi connectivity index (χ3v) is 2.98. The molecule has 0 spiro atoms. The number of nitrogens with zero attached hydrogens (tertiary/aromatic N) is 2. The highest BCUT2D eigenvalue weighted by atomic mass is 16.6. The van der Waals surface area contributed by atoms with Gasteiger partial charge in [0.1, 0.15) is 12.2 Å². The predicted octanol–water partition coefficient (Wildman–Crippen LogP) is -1.49. The van der Waals surface area contributed by atoms with Crippen molar-refractivity contribution in [1.29, 1.82) is 5.26 Å². The molecule has 0 aliphatic carbocycles. The molecule has 1 fully saturated rings. The topological polar surface area (TPSA) is 117 Å². The molecule has 2 heterocycles. The zero-order chi connectivity index (χ0) is 14.0. The molecule has 1 aliphatic heterocycles. The number of methoxy groups -OCH3 is 1. The van der Waals surface area contributed by atoms with Gasteiger partial charge in [-0.1, -0.05) is 0 Å². The van der Waals surface area contributed by atoms with E-state index >= 15 is 0 Å². The smallest absolute Gasteiger partial charge is 0.331 e. The lowest BCUT2D eigenvalue weighted by Gasteiger charge is -2.26. The Labute approximate surface area is 107 Å². The number of H-pyrrole nitrogens is 1. The molecule has 8 nitrogen and oxygen atoms in total. The minimum Gasteiger partial charge on any atom is -0.387 e. The summed E-state index contributed by atoms with van der Waals surface area (Å²) in [7, 11) is 1.47. The minimum absolute atomic E-state index is 0.160. The van der Waals surface area contributed by atoms with Crippen LogP contribution in [0.2, 0.25) is 0 Å². The van der Waals surface area contributed by atoms with E-state index in [0.717, 1.165) is 16.8 Å². The molecule has 2 rings (SSSR count). The lowest BCUT2D eigenvalue weighted by Crippen LogP contribution is -2.48. The molecule has 8 heteroatoms. The van der Waals surface area contributed by atoms with E-state index in [-0.39, 0.29) is 13.0 Å². The van der Waals surface area contributed by atoms with Crippen LogP contribution in [0.1, 0.15) is 6.42 Å². The minimum atomic E-state index is -1.84. The molecular formula is C11H13N3O5. The van der Waals surface area contributed by atoms with Gasteiger partial charge in [-0.15, -0.1) is 0 Å². The SMILES string of the molecule is COC[C@@H]1C[C@@H](O)[C@](C#N)(n2ccc(=O)[nH]c2=O)O1. The van der Waals surface area contributed by atoms with E-state index in [2.05, 4.69) is 0 Å². The Kier molecular flexibility index (Phi) is 3.53. The van der Waals surface area contributed by atoms with Gasteiger partial charge in [0.2, 0.25) is 0 Å². The average molecular weight is 267 g/mol.